The average Bonchev–Trinajstić information content (AvgIpc) is 3.19. The highest BCUT2D eigenvalue weighted by atomic mass is 127. The number of nitrogens with one attached hydrogen (secondary N) is 2. The van der Waals surface area contributed by atoms with E-state index in [-0.39, 0.29) is 11.8 Å². The Hall–Kier alpha value is -1.68. The van der Waals surface area contributed by atoms with Crippen LogP contribution in [0.2, 0.25) is 0 Å². The first kappa shape index (κ1) is 21.5. The summed E-state index contributed by atoms with van der Waals surface area (Å²) in [6.45, 7) is 8.61. The smallest absolute Gasteiger partial charge is 0.258 e. The number of amides is 2. The molecule has 2 amide bonds. The summed E-state index contributed by atoms with van der Waals surface area (Å²) < 4.78 is 2.25. The normalized spacial score (nSPS) is 16.0. The molecule has 2 heterocycles. The molecule has 2 aromatic carbocycles. The third kappa shape index (κ3) is 3.62. The number of benzene rings is 2. The van der Waals surface area contributed by atoms with E-state index in [1.807, 2.05) is 24.3 Å². The second kappa shape index (κ2) is 8.11. The Balaban J connectivity index is 1.83. The number of hydrogen-bond acceptors (Lipinski definition) is 2. The van der Waals surface area contributed by atoms with Crippen LogP contribution in [0.5, 0.6) is 0 Å². The van der Waals surface area contributed by atoms with E-state index in [1.165, 1.54) is 11.1 Å². The van der Waals surface area contributed by atoms with E-state index in [9.17, 15) is 9.59 Å². The molecule has 2 aliphatic rings. The van der Waals surface area contributed by atoms with Crippen molar-refractivity contribution >= 4 is 68.4 Å². The zero-order valence-corrected chi connectivity index (χ0v) is 21.5. The highest BCUT2D eigenvalue weighted by molar-refractivity contribution is 14.1. The summed E-state index contributed by atoms with van der Waals surface area (Å²) >= 11 is 4.63. The third-order valence-corrected chi connectivity index (χ3v) is 7.37. The summed E-state index contributed by atoms with van der Waals surface area (Å²) in [6.07, 6.45) is 0. The number of rotatable bonds is 4. The molecule has 2 N–H and O–H groups in total. The van der Waals surface area contributed by atoms with Crippen LogP contribution < -0.4 is 10.6 Å². The first-order valence-electron chi connectivity index (χ1n) is 9.90. The van der Waals surface area contributed by atoms with Crippen molar-refractivity contribution < 1.29 is 9.59 Å². The van der Waals surface area contributed by atoms with Crippen LogP contribution in [-0.4, -0.2) is 11.8 Å². The molecule has 0 saturated heterocycles. The summed E-state index contributed by atoms with van der Waals surface area (Å²) in [4.78, 5) is 25.8. The van der Waals surface area contributed by atoms with Crippen LogP contribution in [-0.2, 0) is 9.59 Å². The van der Waals surface area contributed by atoms with Gasteiger partial charge in [0, 0.05) is 7.14 Å². The lowest BCUT2D eigenvalue weighted by Gasteiger charge is -2.13. The number of halogens is 2. The average molecular weight is 624 g/mol. The van der Waals surface area contributed by atoms with Gasteiger partial charge in [-0.3, -0.25) is 9.59 Å². The van der Waals surface area contributed by atoms with Crippen molar-refractivity contribution in [2.75, 3.05) is 0 Å². The summed E-state index contributed by atoms with van der Waals surface area (Å²) in [6, 6.07) is 12.2. The quantitative estimate of drug-likeness (QED) is 0.441. The van der Waals surface area contributed by atoms with Gasteiger partial charge in [0.15, 0.2) is 0 Å². The van der Waals surface area contributed by atoms with Crippen molar-refractivity contribution in [3.8, 4) is 0 Å². The predicted molar refractivity (Wildman–Crippen MR) is 137 cm³/mol. The van der Waals surface area contributed by atoms with E-state index in [1.54, 1.807) is 0 Å². The molecule has 0 radical (unpaired) electrons. The van der Waals surface area contributed by atoms with Gasteiger partial charge in [0.1, 0.15) is 0 Å². The van der Waals surface area contributed by atoms with E-state index in [0.717, 1.165) is 18.3 Å². The SMILES string of the molecule is CC(C)c1ccc(C2=C3C(=O)NC(c4ccc(C(C)C)c(I)c4)=C3C(=O)N2)cc1I. The lowest BCUT2D eigenvalue weighted by molar-refractivity contribution is -0.117. The van der Waals surface area contributed by atoms with Crippen molar-refractivity contribution in [1.29, 1.82) is 0 Å². The van der Waals surface area contributed by atoms with Gasteiger partial charge >= 0.3 is 0 Å². The van der Waals surface area contributed by atoms with Crippen LogP contribution in [0.25, 0.3) is 11.4 Å². The van der Waals surface area contributed by atoms with Crippen LogP contribution >= 0.6 is 45.2 Å². The fourth-order valence-electron chi connectivity index (χ4n) is 3.92. The van der Waals surface area contributed by atoms with Crippen molar-refractivity contribution in [3.05, 3.63) is 76.9 Å². The molecular formula is C24H22I2N2O2. The first-order chi connectivity index (χ1) is 14.2. The molecule has 2 aromatic rings. The number of fused-ring (bicyclic) bond motifs is 1. The van der Waals surface area contributed by atoms with Gasteiger partial charge in [-0.25, -0.2) is 0 Å². The van der Waals surface area contributed by atoms with E-state index < -0.39 is 0 Å². The minimum atomic E-state index is -0.237. The molecule has 0 atom stereocenters. The van der Waals surface area contributed by atoms with E-state index in [4.69, 9.17) is 0 Å². The Kier molecular flexibility index (Phi) is 5.82. The standard InChI is InChI=1S/C24H22I2N2O2/c1-11(2)15-7-5-13(9-17(15)25)21-19-20(24(30)27-21)22(28-23(19)29)14-6-8-16(12(3)4)18(26)10-14/h5-12H,1-4H3,(H,27,30)(H,28,29). The highest BCUT2D eigenvalue weighted by Crippen LogP contribution is 2.38. The molecule has 0 bridgehead atoms. The topological polar surface area (TPSA) is 58.2 Å². The lowest BCUT2D eigenvalue weighted by atomic mass is 9.97. The number of hydrogen-bond donors (Lipinski definition) is 2. The Bertz CT molecular complexity index is 1070. The molecule has 0 fully saturated rings. The molecule has 30 heavy (non-hydrogen) atoms. The molecule has 0 saturated carbocycles. The monoisotopic (exact) mass is 624 g/mol. The maximum atomic E-state index is 12.9. The summed E-state index contributed by atoms with van der Waals surface area (Å²) in [5.41, 5.74) is 6.25. The maximum absolute atomic E-state index is 12.9. The van der Waals surface area contributed by atoms with Gasteiger partial charge < -0.3 is 10.6 Å². The van der Waals surface area contributed by atoms with Gasteiger partial charge in [-0.05, 0) is 91.4 Å². The van der Waals surface area contributed by atoms with Gasteiger partial charge in [0.05, 0.1) is 22.5 Å². The van der Waals surface area contributed by atoms with E-state index >= 15 is 0 Å². The minimum absolute atomic E-state index is 0.237. The summed E-state index contributed by atoms with van der Waals surface area (Å²) in [5, 5.41) is 5.88. The van der Waals surface area contributed by atoms with Crippen LogP contribution in [0.4, 0.5) is 0 Å². The van der Waals surface area contributed by atoms with Crippen molar-refractivity contribution in [2.45, 2.75) is 39.5 Å². The molecular weight excluding hydrogens is 602 g/mol. The molecule has 4 rings (SSSR count). The van der Waals surface area contributed by atoms with Gasteiger partial charge in [0.25, 0.3) is 11.8 Å². The second-order valence-corrected chi connectivity index (χ2v) is 10.5. The first-order valence-corrected chi connectivity index (χ1v) is 12.1. The molecule has 4 nitrogen and oxygen atoms in total. The van der Waals surface area contributed by atoms with Crippen molar-refractivity contribution in [1.82, 2.24) is 10.6 Å². The maximum Gasteiger partial charge on any atom is 0.258 e. The zero-order valence-electron chi connectivity index (χ0n) is 17.2. The van der Waals surface area contributed by atoms with Crippen molar-refractivity contribution in [2.24, 2.45) is 0 Å². The fourth-order valence-corrected chi connectivity index (χ4v) is 6.19. The molecule has 154 valence electrons. The lowest BCUT2D eigenvalue weighted by Crippen LogP contribution is -2.21. The fraction of sp³-hybridized carbons (Fsp3) is 0.250. The number of carbonyl (C=O) groups excluding carboxylic acids is 2. The van der Waals surface area contributed by atoms with Crippen LogP contribution in [0.15, 0.2) is 47.5 Å². The largest absolute Gasteiger partial charge is 0.321 e. The highest BCUT2D eigenvalue weighted by Gasteiger charge is 2.41. The van der Waals surface area contributed by atoms with Crippen LogP contribution in [0, 0.1) is 7.14 Å². The summed E-state index contributed by atoms with van der Waals surface area (Å²) in [5.74, 6) is 0.350. The molecule has 0 aromatic heterocycles. The number of carbonyl (C=O) groups is 2. The van der Waals surface area contributed by atoms with Crippen LogP contribution in [0.3, 0.4) is 0 Å². The molecule has 2 aliphatic heterocycles. The predicted octanol–water partition coefficient (Wildman–Crippen LogP) is 5.52. The zero-order chi connectivity index (χ0) is 21.7. The Labute approximate surface area is 203 Å². The summed E-state index contributed by atoms with van der Waals surface area (Å²) in [7, 11) is 0. The molecule has 0 unspecified atom stereocenters. The minimum Gasteiger partial charge on any atom is -0.321 e. The van der Waals surface area contributed by atoms with Gasteiger partial charge in [-0.1, -0.05) is 52.0 Å². The molecule has 0 aliphatic carbocycles. The van der Waals surface area contributed by atoms with E-state index in [2.05, 4.69) is 95.6 Å². The van der Waals surface area contributed by atoms with Crippen LogP contribution in [0.1, 0.15) is 61.8 Å². The Morgan fingerprint density at radius 1 is 0.667 bits per heavy atom. The third-order valence-electron chi connectivity index (χ3n) is 5.50. The van der Waals surface area contributed by atoms with Gasteiger partial charge in [0.2, 0.25) is 0 Å². The van der Waals surface area contributed by atoms with Gasteiger partial charge in [-0.2, -0.15) is 0 Å². The van der Waals surface area contributed by atoms with Crippen molar-refractivity contribution in [3.63, 3.8) is 0 Å². The Morgan fingerprint density at radius 3 is 1.33 bits per heavy atom. The molecule has 6 heteroatoms. The Morgan fingerprint density at radius 2 is 1.03 bits per heavy atom. The molecule has 0 spiro atoms. The van der Waals surface area contributed by atoms with Gasteiger partial charge in [-0.15, -0.1) is 0 Å². The van der Waals surface area contributed by atoms with E-state index in [0.29, 0.717) is 34.4 Å². The second-order valence-electron chi connectivity index (χ2n) is 8.19.